The van der Waals surface area contributed by atoms with E-state index in [1.807, 2.05) is 19.1 Å². The van der Waals surface area contributed by atoms with Gasteiger partial charge in [-0.25, -0.2) is 0 Å². The Labute approximate surface area is 147 Å². The second-order valence-corrected chi connectivity index (χ2v) is 6.05. The van der Waals surface area contributed by atoms with Crippen LogP contribution in [0.3, 0.4) is 0 Å². The van der Waals surface area contributed by atoms with Gasteiger partial charge in [0.1, 0.15) is 5.75 Å². The van der Waals surface area contributed by atoms with Crippen LogP contribution in [0.4, 0.5) is 5.69 Å². The molecule has 0 aromatic heterocycles. The maximum atomic E-state index is 12.4. The number of carbonyl (C=O) groups excluding carboxylic acids is 3. The van der Waals surface area contributed by atoms with E-state index in [0.29, 0.717) is 18.0 Å². The van der Waals surface area contributed by atoms with E-state index in [-0.39, 0.29) is 24.8 Å². The van der Waals surface area contributed by atoms with Crippen molar-refractivity contribution in [2.75, 3.05) is 25.1 Å². The molecule has 0 radical (unpaired) electrons. The Balaban J connectivity index is 2.08. The summed E-state index contributed by atoms with van der Waals surface area (Å²) in [6.45, 7) is 5.89. The maximum Gasteiger partial charge on any atom is 0.312 e. The Kier molecular flexibility index (Phi) is 6.01. The van der Waals surface area contributed by atoms with E-state index >= 15 is 0 Å². The number of likely N-dealkylation sites (N-methyl/N-ethyl adjacent to an activating group) is 1. The van der Waals surface area contributed by atoms with Gasteiger partial charge in [0.25, 0.3) is 5.91 Å². The van der Waals surface area contributed by atoms with E-state index in [2.05, 4.69) is 5.32 Å². The van der Waals surface area contributed by atoms with Crippen molar-refractivity contribution in [3.8, 4) is 5.75 Å². The molecule has 0 saturated carbocycles. The molecule has 0 aliphatic carbocycles. The number of amides is 2. The molecule has 1 N–H and O–H groups in total. The number of benzene rings is 1. The smallest absolute Gasteiger partial charge is 0.312 e. The Hall–Kier alpha value is -2.57. The fraction of sp³-hybridized carbons (Fsp3) is 0.500. The number of esters is 1. The Morgan fingerprint density at radius 1 is 1.40 bits per heavy atom. The first-order chi connectivity index (χ1) is 11.9. The molecule has 25 heavy (non-hydrogen) atoms. The summed E-state index contributed by atoms with van der Waals surface area (Å²) in [5, 5.41) is 2.60. The molecule has 7 nitrogen and oxygen atoms in total. The predicted molar refractivity (Wildman–Crippen MR) is 92.4 cm³/mol. The lowest BCUT2D eigenvalue weighted by atomic mass is 10.1. The number of ether oxygens (including phenoxy) is 2. The molecule has 2 amide bonds. The van der Waals surface area contributed by atoms with Crippen LogP contribution in [-0.4, -0.2) is 44.1 Å². The zero-order valence-electron chi connectivity index (χ0n) is 15.0. The van der Waals surface area contributed by atoms with Crippen molar-refractivity contribution in [1.82, 2.24) is 5.32 Å². The van der Waals surface area contributed by atoms with Gasteiger partial charge in [0, 0.05) is 19.5 Å². The minimum absolute atomic E-state index is 0.0536. The highest BCUT2D eigenvalue weighted by Gasteiger charge is 2.38. The Morgan fingerprint density at radius 2 is 2.12 bits per heavy atom. The number of nitrogens with zero attached hydrogens (tertiary/aromatic N) is 1. The highest BCUT2D eigenvalue weighted by atomic mass is 16.5. The molecule has 1 fully saturated rings. The molecule has 2 atom stereocenters. The first-order valence-electron chi connectivity index (χ1n) is 8.30. The highest BCUT2D eigenvalue weighted by molar-refractivity contribution is 6.00. The van der Waals surface area contributed by atoms with Crippen molar-refractivity contribution >= 4 is 23.5 Å². The van der Waals surface area contributed by atoms with Crippen LogP contribution in [0.25, 0.3) is 0 Å². The molecule has 0 bridgehead atoms. The Bertz CT molecular complexity index is 673. The molecule has 0 unspecified atom stereocenters. The second kappa shape index (κ2) is 8.00. The van der Waals surface area contributed by atoms with Crippen LogP contribution >= 0.6 is 0 Å². The molecule has 1 aliphatic rings. The number of nitrogens with one attached hydrogen (secondary N) is 1. The minimum Gasteiger partial charge on any atom is -0.495 e. The number of methoxy groups -OCH3 is 1. The van der Waals surface area contributed by atoms with Crippen LogP contribution in [-0.2, 0) is 19.1 Å². The normalized spacial score (nSPS) is 18.0. The van der Waals surface area contributed by atoms with Crippen molar-refractivity contribution in [3.05, 3.63) is 23.8 Å². The maximum absolute atomic E-state index is 12.4. The zero-order valence-corrected chi connectivity index (χ0v) is 15.0. The average molecular weight is 348 g/mol. The minimum atomic E-state index is -0.884. The summed E-state index contributed by atoms with van der Waals surface area (Å²) in [4.78, 5) is 37.9. The number of hydrogen-bond donors (Lipinski definition) is 1. The van der Waals surface area contributed by atoms with Gasteiger partial charge in [-0.05, 0) is 38.5 Å². The highest BCUT2D eigenvalue weighted by Crippen LogP contribution is 2.34. The third-order valence-corrected chi connectivity index (χ3v) is 4.10. The average Bonchev–Trinajstić information content (AvgIpc) is 2.96. The lowest BCUT2D eigenvalue weighted by molar-refractivity contribution is -0.158. The SMILES string of the molecule is CCNC(=O)[C@H](C)OC(=O)[C@@H]1CC(=O)N(c2cc(C)ccc2OC)C1. The molecular formula is C18H24N2O5. The van der Waals surface area contributed by atoms with E-state index in [0.717, 1.165) is 5.56 Å². The fourth-order valence-electron chi connectivity index (χ4n) is 2.75. The topological polar surface area (TPSA) is 84.9 Å². The van der Waals surface area contributed by atoms with E-state index in [4.69, 9.17) is 9.47 Å². The van der Waals surface area contributed by atoms with E-state index in [1.54, 1.807) is 13.0 Å². The molecule has 1 aliphatic heterocycles. The molecule has 2 rings (SSSR count). The summed E-state index contributed by atoms with van der Waals surface area (Å²) in [6, 6.07) is 5.53. The molecule has 1 heterocycles. The van der Waals surface area contributed by atoms with Gasteiger partial charge in [-0.1, -0.05) is 6.07 Å². The van der Waals surface area contributed by atoms with Crippen molar-refractivity contribution < 1.29 is 23.9 Å². The molecule has 1 saturated heterocycles. The summed E-state index contributed by atoms with van der Waals surface area (Å²) in [5.41, 5.74) is 1.62. The molecule has 0 spiro atoms. The summed E-state index contributed by atoms with van der Waals surface area (Å²) < 4.78 is 10.5. The van der Waals surface area contributed by atoms with Crippen LogP contribution in [0.5, 0.6) is 5.75 Å². The molecule has 1 aromatic rings. The molecule has 7 heteroatoms. The number of anilines is 1. The van der Waals surface area contributed by atoms with Gasteiger partial charge in [-0.3, -0.25) is 14.4 Å². The quantitative estimate of drug-likeness (QED) is 0.786. The van der Waals surface area contributed by atoms with E-state index < -0.39 is 18.0 Å². The summed E-state index contributed by atoms with van der Waals surface area (Å²) in [7, 11) is 1.54. The van der Waals surface area contributed by atoms with Gasteiger partial charge in [-0.2, -0.15) is 0 Å². The van der Waals surface area contributed by atoms with Crippen LogP contribution in [0.15, 0.2) is 18.2 Å². The zero-order chi connectivity index (χ0) is 18.6. The number of aryl methyl sites for hydroxylation is 1. The first-order valence-corrected chi connectivity index (χ1v) is 8.30. The lowest BCUT2D eigenvalue weighted by Crippen LogP contribution is -2.37. The predicted octanol–water partition coefficient (Wildman–Crippen LogP) is 1.42. The number of hydrogen-bond acceptors (Lipinski definition) is 5. The fourth-order valence-corrected chi connectivity index (χ4v) is 2.75. The van der Waals surface area contributed by atoms with Crippen LogP contribution in [0.2, 0.25) is 0 Å². The third-order valence-electron chi connectivity index (χ3n) is 4.10. The van der Waals surface area contributed by atoms with Gasteiger partial charge >= 0.3 is 5.97 Å². The molecular weight excluding hydrogens is 324 g/mol. The standard InChI is InChI=1S/C18H24N2O5/c1-5-19-17(22)12(3)25-18(23)13-9-16(21)20(10-13)14-8-11(2)6-7-15(14)24-4/h6-8,12-13H,5,9-10H2,1-4H3,(H,19,22)/t12-,13+/m0/s1. The van der Waals surface area contributed by atoms with Gasteiger partial charge in [0.2, 0.25) is 5.91 Å². The van der Waals surface area contributed by atoms with Crippen LogP contribution < -0.4 is 15.0 Å². The monoisotopic (exact) mass is 348 g/mol. The van der Waals surface area contributed by atoms with Crippen molar-refractivity contribution in [2.24, 2.45) is 5.92 Å². The number of carbonyl (C=O) groups is 3. The summed E-state index contributed by atoms with van der Waals surface area (Å²) >= 11 is 0. The largest absolute Gasteiger partial charge is 0.495 e. The van der Waals surface area contributed by atoms with Crippen LogP contribution in [0.1, 0.15) is 25.8 Å². The lowest BCUT2D eigenvalue weighted by Gasteiger charge is -2.20. The van der Waals surface area contributed by atoms with Crippen LogP contribution in [0, 0.1) is 12.8 Å². The second-order valence-electron chi connectivity index (χ2n) is 6.05. The summed E-state index contributed by atoms with van der Waals surface area (Å²) in [5.74, 6) is -1.09. The van der Waals surface area contributed by atoms with Gasteiger partial charge in [-0.15, -0.1) is 0 Å². The van der Waals surface area contributed by atoms with Crippen molar-refractivity contribution in [2.45, 2.75) is 33.3 Å². The van der Waals surface area contributed by atoms with Gasteiger partial charge in [0.05, 0.1) is 18.7 Å². The summed E-state index contributed by atoms with van der Waals surface area (Å²) in [6.07, 6.45) is -0.831. The third kappa shape index (κ3) is 4.29. The Morgan fingerprint density at radius 3 is 2.76 bits per heavy atom. The van der Waals surface area contributed by atoms with Gasteiger partial charge < -0.3 is 19.7 Å². The van der Waals surface area contributed by atoms with Crippen molar-refractivity contribution in [3.63, 3.8) is 0 Å². The van der Waals surface area contributed by atoms with E-state index in [9.17, 15) is 14.4 Å². The molecule has 1 aromatic carbocycles. The van der Waals surface area contributed by atoms with E-state index in [1.165, 1.54) is 18.9 Å². The van der Waals surface area contributed by atoms with Gasteiger partial charge in [0.15, 0.2) is 6.10 Å². The molecule has 136 valence electrons. The van der Waals surface area contributed by atoms with Crippen molar-refractivity contribution in [1.29, 1.82) is 0 Å². The number of rotatable bonds is 6. The first kappa shape index (κ1) is 18.8.